The van der Waals surface area contributed by atoms with E-state index in [1.165, 1.54) is 17.4 Å². The van der Waals surface area contributed by atoms with Gasteiger partial charge in [0.05, 0.1) is 23.2 Å². The number of aryl methyl sites for hydroxylation is 1. The number of rotatable bonds is 4. The van der Waals surface area contributed by atoms with E-state index in [1.807, 2.05) is 6.92 Å². The lowest BCUT2D eigenvalue weighted by atomic mass is 10.0. The molecular weight excluding hydrogens is 262 g/mol. The quantitative estimate of drug-likeness (QED) is 0.688. The van der Waals surface area contributed by atoms with Gasteiger partial charge in [-0.25, -0.2) is 4.98 Å². The number of phenols is 1. The minimum absolute atomic E-state index is 0.0988. The van der Waals surface area contributed by atoms with Gasteiger partial charge in [-0.05, 0) is 31.2 Å². The van der Waals surface area contributed by atoms with E-state index in [0.29, 0.717) is 23.2 Å². The summed E-state index contributed by atoms with van der Waals surface area (Å²) in [6.07, 6.45) is 2.13. The number of aromatic hydroxyl groups is 1. The molecule has 2 aromatic rings. The Labute approximate surface area is 115 Å². The summed E-state index contributed by atoms with van der Waals surface area (Å²) in [7, 11) is 1.55. The second kappa shape index (κ2) is 5.67. The van der Waals surface area contributed by atoms with Crippen molar-refractivity contribution in [3.05, 3.63) is 45.9 Å². The number of ether oxygens (including phenoxy) is 1. The third-order valence-electron chi connectivity index (χ3n) is 2.72. The van der Waals surface area contributed by atoms with E-state index in [9.17, 15) is 9.90 Å². The molecule has 0 amide bonds. The van der Waals surface area contributed by atoms with Crippen molar-refractivity contribution >= 4 is 23.2 Å². The van der Waals surface area contributed by atoms with Gasteiger partial charge in [0, 0.05) is 11.1 Å². The first kappa shape index (κ1) is 13.3. The maximum Gasteiger partial charge on any atom is 0.143 e. The monoisotopic (exact) mass is 275 g/mol. The summed E-state index contributed by atoms with van der Waals surface area (Å²) in [4.78, 5) is 15.9. The van der Waals surface area contributed by atoms with Crippen LogP contribution in [0.4, 0.5) is 0 Å². The largest absolute Gasteiger partial charge is 0.507 e. The Balaban J connectivity index is 2.61. The molecule has 98 valence electrons. The molecule has 1 aromatic carbocycles. The zero-order chi connectivity index (χ0) is 13.8. The summed E-state index contributed by atoms with van der Waals surface area (Å²) >= 11 is 1.42. The summed E-state index contributed by atoms with van der Waals surface area (Å²) in [6, 6.07) is 4.91. The van der Waals surface area contributed by atoms with Crippen LogP contribution in [-0.2, 0) is 4.79 Å². The lowest BCUT2D eigenvalue weighted by Gasteiger charge is -2.10. The number of phenolic OH excluding ortho intramolecular Hbond substituents is 1. The number of hydrogen-bond donors (Lipinski definition) is 1. The first-order valence-electron chi connectivity index (χ1n) is 5.60. The van der Waals surface area contributed by atoms with Gasteiger partial charge in [0.2, 0.25) is 0 Å². The van der Waals surface area contributed by atoms with Gasteiger partial charge in [-0.3, -0.25) is 4.79 Å². The van der Waals surface area contributed by atoms with Crippen LogP contribution in [0.1, 0.15) is 16.1 Å². The number of aromatic nitrogens is 1. The number of nitrogens with zero attached hydrogens (tertiary/aromatic N) is 1. The maximum atomic E-state index is 10.9. The molecule has 0 spiro atoms. The summed E-state index contributed by atoms with van der Waals surface area (Å²) in [5, 5.41) is 9.99. The number of methoxy groups -OCH3 is 1. The third-order valence-corrected chi connectivity index (χ3v) is 3.68. The lowest BCUT2D eigenvalue weighted by Crippen LogP contribution is -1.92. The van der Waals surface area contributed by atoms with Gasteiger partial charge in [0.15, 0.2) is 0 Å². The molecule has 0 atom stereocenters. The van der Waals surface area contributed by atoms with E-state index in [1.54, 1.807) is 30.8 Å². The molecule has 0 radical (unpaired) electrons. The Morgan fingerprint density at radius 2 is 2.26 bits per heavy atom. The normalized spacial score (nSPS) is 11.4. The predicted octanol–water partition coefficient (Wildman–Crippen LogP) is 2.80. The van der Waals surface area contributed by atoms with Crippen molar-refractivity contribution < 1.29 is 14.6 Å². The van der Waals surface area contributed by atoms with E-state index in [2.05, 4.69) is 4.98 Å². The van der Waals surface area contributed by atoms with Gasteiger partial charge in [-0.15, -0.1) is 11.3 Å². The molecule has 19 heavy (non-hydrogen) atoms. The summed E-state index contributed by atoms with van der Waals surface area (Å²) in [5.74, 6) is 0.716. The van der Waals surface area contributed by atoms with Gasteiger partial charge >= 0.3 is 0 Å². The molecule has 0 bridgehead atoms. The lowest BCUT2D eigenvalue weighted by molar-refractivity contribution is -0.104. The molecule has 0 aliphatic heterocycles. The van der Waals surface area contributed by atoms with Crippen molar-refractivity contribution in [3.63, 3.8) is 0 Å². The standard InChI is InChI=1S/C14H13NO3S/c1-9-14(19-8-15-9)11(5-6-16)12-7-10(18-2)3-4-13(12)17/h3-8,17H,1-2H3. The summed E-state index contributed by atoms with van der Waals surface area (Å²) < 4.78 is 5.15. The Kier molecular flexibility index (Phi) is 3.97. The smallest absolute Gasteiger partial charge is 0.143 e. The number of carbonyl (C=O) groups excluding carboxylic acids is 1. The fourth-order valence-corrected chi connectivity index (χ4v) is 2.62. The molecule has 5 heteroatoms. The van der Waals surface area contributed by atoms with Crippen LogP contribution in [0.15, 0.2) is 29.8 Å². The molecule has 0 saturated carbocycles. The Hall–Kier alpha value is -2.14. The van der Waals surface area contributed by atoms with Crippen molar-refractivity contribution in [2.75, 3.05) is 7.11 Å². The fourth-order valence-electron chi connectivity index (χ4n) is 1.77. The van der Waals surface area contributed by atoms with E-state index >= 15 is 0 Å². The van der Waals surface area contributed by atoms with E-state index in [-0.39, 0.29) is 5.75 Å². The van der Waals surface area contributed by atoms with Gasteiger partial charge in [-0.2, -0.15) is 0 Å². The molecule has 1 aromatic heterocycles. The molecule has 0 fully saturated rings. The highest BCUT2D eigenvalue weighted by molar-refractivity contribution is 7.11. The van der Waals surface area contributed by atoms with Crippen molar-refractivity contribution in [1.82, 2.24) is 4.98 Å². The van der Waals surface area contributed by atoms with Gasteiger partial charge in [0.25, 0.3) is 0 Å². The fraction of sp³-hybridized carbons (Fsp3) is 0.143. The highest BCUT2D eigenvalue weighted by Crippen LogP contribution is 2.35. The van der Waals surface area contributed by atoms with Crippen LogP contribution >= 0.6 is 11.3 Å². The predicted molar refractivity (Wildman–Crippen MR) is 74.7 cm³/mol. The first-order valence-corrected chi connectivity index (χ1v) is 6.48. The van der Waals surface area contributed by atoms with Crippen LogP contribution in [-0.4, -0.2) is 23.5 Å². The van der Waals surface area contributed by atoms with Crippen LogP contribution in [0.5, 0.6) is 11.5 Å². The average molecular weight is 275 g/mol. The van der Waals surface area contributed by atoms with Crippen LogP contribution in [0.2, 0.25) is 0 Å². The maximum absolute atomic E-state index is 10.9. The van der Waals surface area contributed by atoms with Crippen LogP contribution < -0.4 is 4.74 Å². The molecule has 0 aliphatic rings. The van der Waals surface area contributed by atoms with Crippen LogP contribution in [0.25, 0.3) is 5.57 Å². The zero-order valence-corrected chi connectivity index (χ0v) is 11.4. The van der Waals surface area contributed by atoms with Gasteiger partial charge in [0.1, 0.15) is 17.8 Å². The van der Waals surface area contributed by atoms with Crippen molar-refractivity contribution in [2.45, 2.75) is 6.92 Å². The second-order valence-corrected chi connectivity index (χ2v) is 4.72. The van der Waals surface area contributed by atoms with Crippen molar-refractivity contribution in [3.8, 4) is 11.5 Å². The molecular formula is C14H13NO3S. The SMILES string of the molecule is COc1ccc(O)c(C(=CC=O)c2scnc2C)c1. The second-order valence-electron chi connectivity index (χ2n) is 3.87. The molecule has 0 saturated heterocycles. The van der Waals surface area contributed by atoms with Crippen molar-refractivity contribution in [1.29, 1.82) is 0 Å². The molecule has 0 aliphatic carbocycles. The summed E-state index contributed by atoms with van der Waals surface area (Å²) in [5.41, 5.74) is 3.73. The van der Waals surface area contributed by atoms with Gasteiger partial charge in [-0.1, -0.05) is 0 Å². The highest BCUT2D eigenvalue weighted by Gasteiger charge is 2.14. The van der Waals surface area contributed by atoms with Crippen LogP contribution in [0.3, 0.4) is 0 Å². The van der Waals surface area contributed by atoms with E-state index in [0.717, 1.165) is 10.6 Å². The Morgan fingerprint density at radius 1 is 1.47 bits per heavy atom. The number of benzene rings is 1. The number of allylic oxidation sites excluding steroid dienone is 1. The number of hydrogen-bond acceptors (Lipinski definition) is 5. The number of aldehydes is 1. The molecule has 1 heterocycles. The van der Waals surface area contributed by atoms with Crippen molar-refractivity contribution in [2.24, 2.45) is 0 Å². The van der Waals surface area contributed by atoms with E-state index in [4.69, 9.17) is 4.74 Å². The van der Waals surface area contributed by atoms with Gasteiger partial charge < -0.3 is 9.84 Å². The molecule has 0 unspecified atom stereocenters. The first-order chi connectivity index (χ1) is 9.17. The molecule has 1 N–H and O–H groups in total. The number of thiazole rings is 1. The minimum Gasteiger partial charge on any atom is -0.507 e. The molecule has 2 rings (SSSR count). The Bertz CT molecular complexity index is 631. The summed E-state index contributed by atoms with van der Waals surface area (Å²) in [6.45, 7) is 1.86. The third kappa shape index (κ3) is 2.66. The molecule has 4 nitrogen and oxygen atoms in total. The zero-order valence-electron chi connectivity index (χ0n) is 10.6. The Morgan fingerprint density at radius 3 is 2.84 bits per heavy atom. The highest BCUT2D eigenvalue weighted by atomic mass is 32.1. The van der Waals surface area contributed by atoms with E-state index < -0.39 is 0 Å². The minimum atomic E-state index is 0.0988. The number of carbonyl (C=O) groups is 1. The van der Waals surface area contributed by atoms with Crippen LogP contribution in [0, 0.1) is 6.92 Å². The average Bonchev–Trinajstić information content (AvgIpc) is 2.83. The topological polar surface area (TPSA) is 59.4 Å².